The number of aromatic carboxylic acids is 1. The van der Waals surface area contributed by atoms with E-state index in [1.807, 2.05) is 73.3 Å². The molecule has 4 saturated carbocycles. The van der Waals surface area contributed by atoms with Crippen molar-refractivity contribution in [2.24, 2.45) is 27.9 Å². The number of methoxy groups -OCH3 is 1. The first kappa shape index (κ1) is 70.0. The summed E-state index contributed by atoms with van der Waals surface area (Å²) in [6, 6.07) is 14.6. The number of anilines is 5. The molecule has 26 nitrogen and oxygen atoms in total. The summed E-state index contributed by atoms with van der Waals surface area (Å²) in [5.41, 5.74) is 11.3. The fourth-order valence-corrected chi connectivity index (χ4v) is 18.4. The highest BCUT2D eigenvalue weighted by atomic mass is 32.1. The molecule has 4 aliphatic carbocycles. The molecule has 5 fully saturated rings. The molecule has 526 valence electrons. The largest absolute Gasteiger partial charge is 0.543 e. The summed E-state index contributed by atoms with van der Waals surface area (Å²) in [7, 11) is 1.63. The van der Waals surface area contributed by atoms with Crippen molar-refractivity contribution in [3.8, 4) is 16.9 Å². The zero-order valence-electron chi connectivity index (χ0n) is 57.6. The molecule has 7 heterocycles. The van der Waals surface area contributed by atoms with Crippen molar-refractivity contribution in [2.45, 2.75) is 156 Å². The molecule has 2 aromatic carbocycles. The molecule has 7 amide bonds. The minimum atomic E-state index is -1.38. The number of hydrogen-bond donors (Lipinski definition) is 6. The van der Waals surface area contributed by atoms with Crippen molar-refractivity contribution in [1.29, 1.82) is 0 Å². The summed E-state index contributed by atoms with van der Waals surface area (Å²) < 4.78 is 22.3. The predicted molar refractivity (Wildman–Crippen MR) is 371 cm³/mol. The maximum atomic E-state index is 14.0. The third-order valence-electron chi connectivity index (χ3n) is 21.0. The minimum Gasteiger partial charge on any atom is -0.543 e. The Morgan fingerprint density at radius 2 is 1.59 bits per heavy atom. The van der Waals surface area contributed by atoms with Gasteiger partial charge in [0, 0.05) is 96.3 Å². The highest BCUT2D eigenvalue weighted by Crippen LogP contribution is 2.72. The summed E-state index contributed by atoms with van der Waals surface area (Å²) in [6.45, 7) is 18.3. The number of thiazole rings is 1. The number of quaternary nitrogens is 1. The van der Waals surface area contributed by atoms with E-state index in [0.717, 1.165) is 138 Å². The third kappa shape index (κ3) is 15.6. The summed E-state index contributed by atoms with van der Waals surface area (Å²) in [4.78, 5) is 102. The van der Waals surface area contributed by atoms with Gasteiger partial charge in [-0.2, -0.15) is 5.10 Å². The van der Waals surface area contributed by atoms with Crippen LogP contribution in [0.5, 0.6) is 5.75 Å². The summed E-state index contributed by atoms with van der Waals surface area (Å²) in [5.74, 6) is -1.63. The van der Waals surface area contributed by atoms with E-state index in [-0.39, 0.29) is 72.6 Å². The van der Waals surface area contributed by atoms with Crippen LogP contribution in [0.1, 0.15) is 138 Å². The Morgan fingerprint density at radius 1 is 0.838 bits per heavy atom. The van der Waals surface area contributed by atoms with Gasteiger partial charge in [-0.25, -0.2) is 14.8 Å². The first-order chi connectivity index (χ1) is 47.3. The number of primary amides is 1. The van der Waals surface area contributed by atoms with Gasteiger partial charge in [-0.3, -0.25) is 33.6 Å². The van der Waals surface area contributed by atoms with Gasteiger partial charge in [0.2, 0.25) is 17.7 Å². The lowest BCUT2D eigenvalue weighted by Gasteiger charge is -2.69. The Kier molecular flexibility index (Phi) is 20.3. The van der Waals surface area contributed by atoms with Gasteiger partial charge in [0.15, 0.2) is 16.8 Å². The molecule has 3 aliphatic heterocycles. The number of fused-ring (bicyclic) bond motifs is 2. The van der Waals surface area contributed by atoms with Crippen LogP contribution in [-0.2, 0) is 53.0 Å². The lowest BCUT2D eigenvalue weighted by molar-refractivity contribution is -0.930. The maximum absolute atomic E-state index is 14.0. The van der Waals surface area contributed by atoms with Crippen molar-refractivity contribution in [3.63, 3.8) is 0 Å². The molecule has 27 heteroatoms. The maximum Gasteiger partial charge on any atom is 0.312 e. The highest BCUT2D eigenvalue weighted by molar-refractivity contribution is 7.22. The van der Waals surface area contributed by atoms with Crippen LogP contribution in [0.4, 0.5) is 33.1 Å². The third-order valence-corrected chi connectivity index (χ3v) is 22.0. The SMILES string of the molecule is COc1ccc2sc(Nc3nnc4c(c3C)CCCN4c3ccc(-c4cnn(CC56CC7(C)CC(C)(C5)CC(OCC[N+]5(Cc8ccc(NC(=O)[C@H](CCCNC(N)=O)NC(=O)[C@@H](NC(=O)CCOCCN9C(=O)C=CC9=O)C(C)C)cc8)CCCC5)(C7)C6)c4C)c(C(=O)[O-])n3)nc2c1. The highest BCUT2D eigenvalue weighted by Gasteiger charge is 2.66. The minimum absolute atomic E-state index is 0.00920. The number of nitrogens with one attached hydrogen (secondary N) is 5. The summed E-state index contributed by atoms with van der Waals surface area (Å²) in [5, 5.41) is 42.7. The van der Waals surface area contributed by atoms with Crippen molar-refractivity contribution in [3.05, 3.63) is 101 Å². The van der Waals surface area contributed by atoms with Crippen LogP contribution >= 0.6 is 11.3 Å². The van der Waals surface area contributed by atoms with E-state index in [2.05, 4.69) is 50.2 Å². The molecule has 4 atom stereocenters. The Balaban J connectivity index is 0.671. The first-order valence-electron chi connectivity index (χ1n) is 34.6. The molecule has 99 heavy (non-hydrogen) atoms. The monoisotopic (exact) mass is 1370 g/mol. The number of carbonyl (C=O) groups is 7. The number of carboxylic acids is 1. The van der Waals surface area contributed by atoms with Gasteiger partial charge in [0.05, 0.1) is 80.2 Å². The second-order valence-electron chi connectivity index (χ2n) is 29.4. The van der Waals surface area contributed by atoms with E-state index >= 15 is 0 Å². The molecule has 4 aromatic heterocycles. The standard InChI is InChI=1S/C72H91N15O11S/c1-44(2)60(80-57(88)24-31-97-32-27-85-58(89)22-23-59(85)90)65(92)77-53(13-10-25-74-67(73)95)64(91)76-48-16-14-47(15-17-48)36-87(28-8-9-29-87)30-33-98-72-40-69(5)37-70(6,41-72)39-71(38-69,42-72)43-86-46(4)52(35-75-86)51-19-21-56(79-61(51)66(93)94)84-26-11-12-50-45(3)62(82-83-63(50)84)81-68-78-54-34-49(96-7)18-20-55(54)99-68/h14-23,34-35,44,53,60H,8-13,24-33,36-43H2,1-7H3,(H7-,73,74,76,77,78,80,81,82,88,91,92,93,94,95)/t53-,60-,69?,70?,71?,72?/m0/s1. The molecule has 4 bridgehead atoms. The summed E-state index contributed by atoms with van der Waals surface area (Å²) in [6.07, 6.45) is 14.5. The first-order valence-corrected chi connectivity index (χ1v) is 35.4. The lowest BCUT2D eigenvalue weighted by Crippen LogP contribution is -2.64. The van der Waals surface area contributed by atoms with Gasteiger partial charge in [0.1, 0.15) is 36.7 Å². The number of nitrogens with zero attached hydrogens (tertiary/aromatic N) is 9. The van der Waals surface area contributed by atoms with E-state index < -0.39 is 53.6 Å². The Morgan fingerprint density at radius 3 is 2.29 bits per heavy atom. The quantitative estimate of drug-likeness (QED) is 0.0145. The molecular formula is C72H91N15O11S. The van der Waals surface area contributed by atoms with Gasteiger partial charge in [0.25, 0.3) is 11.8 Å². The van der Waals surface area contributed by atoms with Gasteiger partial charge >= 0.3 is 6.03 Å². The van der Waals surface area contributed by atoms with Crippen LogP contribution in [0.25, 0.3) is 21.3 Å². The van der Waals surface area contributed by atoms with Crippen molar-refractivity contribution < 1.29 is 57.4 Å². The van der Waals surface area contributed by atoms with Gasteiger partial charge in [-0.05, 0) is 137 Å². The number of pyridine rings is 1. The molecule has 1 saturated heterocycles. The number of hydrogen-bond acceptors (Lipinski definition) is 19. The molecule has 0 spiro atoms. The smallest absolute Gasteiger partial charge is 0.312 e. The molecule has 0 radical (unpaired) electrons. The van der Waals surface area contributed by atoms with Gasteiger partial charge < -0.3 is 65.8 Å². The predicted octanol–water partition coefficient (Wildman–Crippen LogP) is 7.45. The molecule has 7 N–H and O–H groups in total. The Labute approximate surface area is 580 Å². The zero-order valence-corrected chi connectivity index (χ0v) is 58.4. The zero-order chi connectivity index (χ0) is 70.0. The fraction of sp³-hybridized carbons (Fsp3) is 0.528. The average Bonchev–Trinajstić information content (AvgIpc) is 1.66. The lowest BCUT2D eigenvalue weighted by atomic mass is 9.39. The van der Waals surface area contributed by atoms with Crippen molar-refractivity contribution in [2.75, 3.05) is 81.7 Å². The number of benzene rings is 2. The number of amides is 7. The van der Waals surface area contributed by atoms with E-state index in [1.54, 1.807) is 27.2 Å². The van der Waals surface area contributed by atoms with E-state index in [9.17, 15) is 38.7 Å². The number of ether oxygens (including phenoxy) is 3. The number of carbonyl (C=O) groups excluding carboxylic acids is 7. The number of rotatable bonds is 30. The number of nitrogens with two attached hydrogens (primary N) is 1. The topological polar surface area (TPSA) is 332 Å². The fourth-order valence-electron chi connectivity index (χ4n) is 17.6. The van der Waals surface area contributed by atoms with Crippen molar-refractivity contribution in [1.82, 2.24) is 50.8 Å². The molecule has 13 rings (SSSR count). The number of urea groups is 1. The van der Waals surface area contributed by atoms with E-state index in [1.165, 1.54) is 23.5 Å². The second kappa shape index (κ2) is 28.7. The Bertz CT molecular complexity index is 4070. The number of likely N-dealkylation sites (tertiary alicyclic amines) is 1. The van der Waals surface area contributed by atoms with Gasteiger partial charge in [-0.1, -0.05) is 51.2 Å². The average molecular weight is 1370 g/mol. The molecular weight excluding hydrogens is 1280 g/mol. The van der Waals surface area contributed by atoms with Crippen LogP contribution in [0, 0.1) is 36.0 Å². The number of imide groups is 1. The molecule has 7 aliphatic rings. The number of aromatic nitrogens is 6. The second-order valence-corrected chi connectivity index (χ2v) is 30.5. The molecule has 6 aromatic rings. The summed E-state index contributed by atoms with van der Waals surface area (Å²) >= 11 is 1.52. The van der Waals surface area contributed by atoms with Crippen LogP contribution in [0.3, 0.4) is 0 Å². The van der Waals surface area contributed by atoms with Crippen LogP contribution in [-0.4, -0.2) is 165 Å². The normalized spacial score (nSPS) is 22.6. The van der Waals surface area contributed by atoms with E-state index in [0.29, 0.717) is 65.5 Å². The Hall–Kier alpha value is -8.92. The van der Waals surface area contributed by atoms with E-state index in [4.69, 9.17) is 40.1 Å². The van der Waals surface area contributed by atoms with Crippen molar-refractivity contribution >= 4 is 91.4 Å². The van der Waals surface area contributed by atoms with Crippen LogP contribution in [0.15, 0.2) is 72.9 Å². The van der Waals surface area contributed by atoms with Crippen LogP contribution < -0.4 is 47.1 Å². The van der Waals surface area contributed by atoms with Gasteiger partial charge in [-0.15, -0.1) is 10.2 Å². The number of carboxylic acid groups (broad SMARTS) is 1. The molecule has 2 unspecified atom stereocenters. The van der Waals surface area contributed by atoms with Crippen LogP contribution in [0.2, 0.25) is 0 Å².